The van der Waals surface area contributed by atoms with Crippen molar-refractivity contribution in [1.82, 2.24) is 9.55 Å². The van der Waals surface area contributed by atoms with E-state index in [2.05, 4.69) is 28.7 Å². The van der Waals surface area contributed by atoms with Crippen LogP contribution in [0.15, 0.2) is 30.7 Å². The minimum atomic E-state index is 0.704. The number of aromatic nitrogens is 2. The van der Waals surface area contributed by atoms with Crippen LogP contribution in [-0.2, 0) is 13.0 Å². The Balaban J connectivity index is 2.23. The van der Waals surface area contributed by atoms with Gasteiger partial charge in [0, 0.05) is 18.3 Å². The summed E-state index contributed by atoms with van der Waals surface area (Å²) >= 11 is 0. The first-order valence-corrected chi connectivity index (χ1v) is 6.67. The maximum atomic E-state index is 5.52. The predicted octanol–water partition coefficient (Wildman–Crippen LogP) is 2.47. The van der Waals surface area contributed by atoms with Gasteiger partial charge in [-0.3, -0.25) is 0 Å². The minimum absolute atomic E-state index is 0.704. The number of benzene rings is 1. The van der Waals surface area contributed by atoms with Gasteiger partial charge in [0.15, 0.2) is 0 Å². The van der Waals surface area contributed by atoms with E-state index in [9.17, 15) is 0 Å². The second-order valence-corrected chi connectivity index (χ2v) is 4.52. The zero-order valence-electron chi connectivity index (χ0n) is 11.6. The zero-order chi connectivity index (χ0) is 13.7. The molecule has 2 aromatic rings. The maximum Gasteiger partial charge on any atom is 0.122 e. The summed E-state index contributed by atoms with van der Waals surface area (Å²) in [5.74, 6) is 0.939. The highest BCUT2D eigenvalue weighted by molar-refractivity contribution is 5.61. The van der Waals surface area contributed by atoms with Crippen LogP contribution in [0.4, 0.5) is 0 Å². The van der Waals surface area contributed by atoms with Gasteiger partial charge in [-0.05, 0) is 43.1 Å². The van der Waals surface area contributed by atoms with Gasteiger partial charge in [-0.15, -0.1) is 0 Å². The third-order valence-corrected chi connectivity index (χ3v) is 3.21. The number of imidazole rings is 1. The SMILES string of the molecule is CCc1cc(-c2cn(CCCN)cn2)ccc1OC. The first kappa shape index (κ1) is 13.6. The van der Waals surface area contributed by atoms with Crippen molar-refractivity contribution in [3.05, 3.63) is 36.3 Å². The number of ether oxygens (including phenoxy) is 1. The van der Waals surface area contributed by atoms with Crippen LogP contribution in [0.1, 0.15) is 18.9 Å². The molecule has 2 rings (SSSR count). The van der Waals surface area contributed by atoms with Gasteiger partial charge in [-0.1, -0.05) is 6.92 Å². The summed E-state index contributed by atoms with van der Waals surface area (Å²) in [4.78, 5) is 4.45. The predicted molar refractivity (Wildman–Crippen MR) is 77.3 cm³/mol. The summed E-state index contributed by atoms with van der Waals surface area (Å²) in [7, 11) is 1.70. The van der Waals surface area contributed by atoms with Crippen LogP contribution >= 0.6 is 0 Å². The molecule has 0 atom stereocenters. The molecule has 0 bridgehead atoms. The molecule has 4 nitrogen and oxygen atoms in total. The van der Waals surface area contributed by atoms with Gasteiger partial charge in [0.2, 0.25) is 0 Å². The van der Waals surface area contributed by atoms with Crippen LogP contribution in [0.3, 0.4) is 0 Å². The highest BCUT2D eigenvalue weighted by Crippen LogP contribution is 2.26. The van der Waals surface area contributed by atoms with E-state index in [4.69, 9.17) is 10.5 Å². The Morgan fingerprint density at radius 1 is 1.37 bits per heavy atom. The Labute approximate surface area is 114 Å². The molecule has 0 aliphatic rings. The molecule has 0 fully saturated rings. The average molecular weight is 259 g/mol. The molecule has 0 aliphatic heterocycles. The molecule has 1 aromatic carbocycles. The van der Waals surface area contributed by atoms with Crippen LogP contribution < -0.4 is 10.5 Å². The van der Waals surface area contributed by atoms with Gasteiger partial charge < -0.3 is 15.0 Å². The quantitative estimate of drug-likeness (QED) is 0.867. The Hall–Kier alpha value is -1.81. The second-order valence-electron chi connectivity index (χ2n) is 4.52. The average Bonchev–Trinajstić information content (AvgIpc) is 2.93. The number of nitrogens with zero attached hydrogens (tertiary/aromatic N) is 2. The van der Waals surface area contributed by atoms with E-state index >= 15 is 0 Å². The molecule has 0 saturated heterocycles. The minimum Gasteiger partial charge on any atom is -0.496 e. The third kappa shape index (κ3) is 3.15. The molecule has 1 aromatic heterocycles. The van der Waals surface area contributed by atoms with Gasteiger partial charge in [0.25, 0.3) is 0 Å². The van der Waals surface area contributed by atoms with Crippen LogP contribution in [0, 0.1) is 0 Å². The summed E-state index contributed by atoms with van der Waals surface area (Å²) in [6.45, 7) is 3.75. The first-order chi connectivity index (χ1) is 9.28. The molecular weight excluding hydrogens is 238 g/mol. The molecule has 0 amide bonds. The lowest BCUT2D eigenvalue weighted by Gasteiger charge is -2.08. The molecule has 0 radical (unpaired) electrons. The Morgan fingerprint density at radius 3 is 2.89 bits per heavy atom. The third-order valence-electron chi connectivity index (χ3n) is 3.21. The van der Waals surface area contributed by atoms with Gasteiger partial charge in [0.05, 0.1) is 19.1 Å². The highest BCUT2D eigenvalue weighted by atomic mass is 16.5. The van der Waals surface area contributed by atoms with Crippen molar-refractivity contribution < 1.29 is 4.74 Å². The zero-order valence-corrected chi connectivity index (χ0v) is 11.6. The first-order valence-electron chi connectivity index (χ1n) is 6.67. The number of rotatable bonds is 6. The Kier molecular flexibility index (Phi) is 4.58. The summed E-state index contributed by atoms with van der Waals surface area (Å²) < 4.78 is 7.43. The molecule has 1 heterocycles. The van der Waals surface area contributed by atoms with E-state index in [-0.39, 0.29) is 0 Å². The second kappa shape index (κ2) is 6.38. The van der Waals surface area contributed by atoms with Gasteiger partial charge in [-0.2, -0.15) is 0 Å². The number of aryl methyl sites for hydroxylation is 2. The van der Waals surface area contributed by atoms with E-state index in [0.29, 0.717) is 6.54 Å². The van der Waals surface area contributed by atoms with Crippen molar-refractivity contribution in [2.45, 2.75) is 26.3 Å². The fraction of sp³-hybridized carbons (Fsp3) is 0.400. The smallest absolute Gasteiger partial charge is 0.122 e. The lowest BCUT2D eigenvalue weighted by molar-refractivity contribution is 0.410. The lowest BCUT2D eigenvalue weighted by atomic mass is 10.1. The Morgan fingerprint density at radius 2 is 2.21 bits per heavy atom. The van der Waals surface area contributed by atoms with Crippen molar-refractivity contribution in [1.29, 1.82) is 0 Å². The van der Waals surface area contributed by atoms with Crippen LogP contribution in [0.2, 0.25) is 0 Å². The molecule has 0 aliphatic carbocycles. The van der Waals surface area contributed by atoms with Crippen molar-refractivity contribution in [3.8, 4) is 17.0 Å². The van der Waals surface area contributed by atoms with Gasteiger partial charge in [-0.25, -0.2) is 4.98 Å². The maximum absolute atomic E-state index is 5.52. The normalized spacial score (nSPS) is 10.7. The number of hydrogen-bond acceptors (Lipinski definition) is 3. The fourth-order valence-corrected chi connectivity index (χ4v) is 2.12. The standard InChI is InChI=1S/C15H21N3O/c1-3-12-9-13(5-6-15(12)19-2)14-10-18(11-17-14)8-4-7-16/h5-6,9-11H,3-4,7-8,16H2,1-2H3. The molecule has 0 saturated carbocycles. The van der Waals surface area contributed by atoms with E-state index in [1.165, 1.54) is 5.56 Å². The molecule has 0 unspecified atom stereocenters. The van der Waals surface area contributed by atoms with E-state index in [1.807, 2.05) is 18.5 Å². The van der Waals surface area contributed by atoms with Gasteiger partial charge >= 0.3 is 0 Å². The van der Waals surface area contributed by atoms with Crippen molar-refractivity contribution in [3.63, 3.8) is 0 Å². The number of nitrogens with two attached hydrogens (primary N) is 1. The summed E-state index contributed by atoms with van der Waals surface area (Å²) in [6.07, 6.45) is 5.85. The molecule has 102 valence electrons. The fourth-order valence-electron chi connectivity index (χ4n) is 2.12. The van der Waals surface area contributed by atoms with Crippen LogP contribution in [0.25, 0.3) is 11.3 Å². The summed E-state index contributed by atoms with van der Waals surface area (Å²) in [5, 5.41) is 0. The monoisotopic (exact) mass is 259 g/mol. The van der Waals surface area contributed by atoms with E-state index < -0.39 is 0 Å². The molecule has 19 heavy (non-hydrogen) atoms. The topological polar surface area (TPSA) is 53.1 Å². The highest BCUT2D eigenvalue weighted by Gasteiger charge is 2.06. The lowest BCUT2D eigenvalue weighted by Crippen LogP contribution is -2.03. The molecule has 2 N–H and O–H groups in total. The molecule has 4 heteroatoms. The molecule has 0 spiro atoms. The largest absolute Gasteiger partial charge is 0.496 e. The van der Waals surface area contributed by atoms with Crippen LogP contribution in [0.5, 0.6) is 5.75 Å². The Bertz CT molecular complexity index is 534. The summed E-state index contributed by atoms with van der Waals surface area (Å²) in [5.41, 5.74) is 8.85. The van der Waals surface area contributed by atoms with Crippen molar-refractivity contribution in [2.75, 3.05) is 13.7 Å². The van der Waals surface area contributed by atoms with Crippen molar-refractivity contribution >= 4 is 0 Å². The van der Waals surface area contributed by atoms with E-state index in [1.54, 1.807) is 7.11 Å². The number of methoxy groups -OCH3 is 1. The van der Waals surface area contributed by atoms with Crippen LogP contribution in [-0.4, -0.2) is 23.2 Å². The molecular formula is C15H21N3O. The van der Waals surface area contributed by atoms with E-state index in [0.717, 1.165) is 36.4 Å². The van der Waals surface area contributed by atoms with Crippen molar-refractivity contribution in [2.24, 2.45) is 5.73 Å². The summed E-state index contributed by atoms with van der Waals surface area (Å²) in [6, 6.07) is 6.20. The number of hydrogen-bond donors (Lipinski definition) is 1. The van der Waals surface area contributed by atoms with Gasteiger partial charge in [0.1, 0.15) is 5.75 Å².